The quantitative estimate of drug-likeness (QED) is 0.753. The van der Waals surface area contributed by atoms with Crippen molar-refractivity contribution < 1.29 is 22.7 Å². The molecule has 1 amide bonds. The Hall–Kier alpha value is -1.89. The number of amides is 1. The highest BCUT2D eigenvalue weighted by Gasteiger charge is 2.17. The second-order valence-corrected chi connectivity index (χ2v) is 6.61. The summed E-state index contributed by atoms with van der Waals surface area (Å²) < 4.78 is 28.7. The van der Waals surface area contributed by atoms with Crippen LogP contribution in [-0.2, 0) is 24.2 Å². The lowest BCUT2D eigenvalue weighted by atomic mass is 10.2. The van der Waals surface area contributed by atoms with Crippen molar-refractivity contribution in [2.75, 3.05) is 18.9 Å². The Kier molecular flexibility index (Phi) is 6.36. The first-order valence-corrected chi connectivity index (χ1v) is 8.22. The molecule has 7 heteroatoms. The van der Waals surface area contributed by atoms with Gasteiger partial charge in [0.25, 0.3) is 5.91 Å². The molecule has 0 saturated carbocycles. The molecule has 0 aliphatic heterocycles. The summed E-state index contributed by atoms with van der Waals surface area (Å²) in [6, 6.07) is 6.40. The molecule has 0 saturated heterocycles. The predicted molar refractivity (Wildman–Crippen MR) is 77.5 cm³/mol. The molecule has 0 unspecified atom stereocenters. The van der Waals surface area contributed by atoms with E-state index in [4.69, 9.17) is 4.74 Å². The van der Waals surface area contributed by atoms with Crippen LogP contribution in [0.5, 0.6) is 0 Å². The number of benzene rings is 1. The van der Waals surface area contributed by atoms with Gasteiger partial charge in [-0.3, -0.25) is 9.59 Å². The zero-order valence-electron chi connectivity index (χ0n) is 12.1. The topological polar surface area (TPSA) is 89.5 Å². The standard InChI is InChI=1S/C14H19NO5S/c1-3-15-13(16)10-20-14(17)8-9-21(18,19)12-6-4-11(2)5-7-12/h4-7H,3,8-10H2,1-2H3,(H,15,16). The Morgan fingerprint density at radius 1 is 1.19 bits per heavy atom. The van der Waals surface area contributed by atoms with Crippen LogP contribution in [0, 0.1) is 6.92 Å². The lowest BCUT2D eigenvalue weighted by Gasteiger charge is -2.06. The zero-order valence-corrected chi connectivity index (χ0v) is 12.9. The van der Waals surface area contributed by atoms with Gasteiger partial charge in [-0.15, -0.1) is 0 Å². The Morgan fingerprint density at radius 2 is 1.81 bits per heavy atom. The lowest BCUT2D eigenvalue weighted by Crippen LogP contribution is -2.28. The average Bonchev–Trinajstić information content (AvgIpc) is 2.44. The number of esters is 1. The molecule has 21 heavy (non-hydrogen) atoms. The van der Waals surface area contributed by atoms with E-state index in [0.717, 1.165) is 5.56 Å². The van der Waals surface area contributed by atoms with Gasteiger partial charge >= 0.3 is 5.97 Å². The van der Waals surface area contributed by atoms with Crippen LogP contribution in [0.25, 0.3) is 0 Å². The molecule has 6 nitrogen and oxygen atoms in total. The van der Waals surface area contributed by atoms with Crippen molar-refractivity contribution in [2.45, 2.75) is 25.2 Å². The second-order valence-electron chi connectivity index (χ2n) is 4.50. The fourth-order valence-corrected chi connectivity index (χ4v) is 2.77. The summed E-state index contributed by atoms with van der Waals surface area (Å²) in [6.45, 7) is 3.65. The minimum Gasteiger partial charge on any atom is -0.456 e. The van der Waals surface area contributed by atoms with Crippen LogP contribution in [0.2, 0.25) is 0 Å². The van der Waals surface area contributed by atoms with Gasteiger partial charge in [-0.1, -0.05) is 17.7 Å². The summed E-state index contributed by atoms with van der Waals surface area (Å²) in [5.41, 5.74) is 0.954. The van der Waals surface area contributed by atoms with Crippen molar-refractivity contribution in [1.82, 2.24) is 5.32 Å². The van der Waals surface area contributed by atoms with E-state index >= 15 is 0 Å². The minimum absolute atomic E-state index is 0.171. The predicted octanol–water partition coefficient (Wildman–Crippen LogP) is 0.838. The van der Waals surface area contributed by atoms with Gasteiger partial charge in [0, 0.05) is 6.54 Å². The van der Waals surface area contributed by atoms with Crippen LogP contribution in [0.1, 0.15) is 18.9 Å². The number of ether oxygens (including phenoxy) is 1. The molecule has 0 aliphatic carbocycles. The van der Waals surface area contributed by atoms with Crippen LogP contribution in [0.3, 0.4) is 0 Å². The molecule has 0 spiro atoms. The molecule has 1 aromatic carbocycles. The maximum atomic E-state index is 12.0. The molecular formula is C14H19NO5S. The maximum Gasteiger partial charge on any atom is 0.307 e. The molecule has 0 aliphatic rings. The fourth-order valence-electron chi connectivity index (χ4n) is 1.55. The second kappa shape index (κ2) is 7.78. The van der Waals surface area contributed by atoms with Gasteiger partial charge in [0.05, 0.1) is 17.1 Å². The van der Waals surface area contributed by atoms with Crippen LogP contribution >= 0.6 is 0 Å². The van der Waals surface area contributed by atoms with Crippen molar-refractivity contribution in [3.05, 3.63) is 29.8 Å². The molecule has 0 fully saturated rings. The number of carbonyl (C=O) groups is 2. The summed E-state index contributed by atoms with van der Waals surface area (Å²) in [7, 11) is -3.52. The molecule has 0 heterocycles. The van der Waals surface area contributed by atoms with Crippen molar-refractivity contribution in [1.29, 1.82) is 0 Å². The third-order valence-corrected chi connectivity index (χ3v) is 4.43. The third kappa shape index (κ3) is 5.95. The SMILES string of the molecule is CCNC(=O)COC(=O)CCS(=O)(=O)c1ccc(C)cc1. The summed E-state index contributed by atoms with van der Waals surface area (Å²) in [4.78, 5) is 22.7. The van der Waals surface area contributed by atoms with Gasteiger partial charge in [0.2, 0.25) is 0 Å². The normalized spacial score (nSPS) is 11.0. The summed E-state index contributed by atoms with van der Waals surface area (Å²) >= 11 is 0. The van der Waals surface area contributed by atoms with E-state index in [2.05, 4.69) is 5.32 Å². The minimum atomic E-state index is -3.52. The highest BCUT2D eigenvalue weighted by atomic mass is 32.2. The van der Waals surface area contributed by atoms with Crippen LogP contribution in [-0.4, -0.2) is 39.2 Å². The average molecular weight is 313 g/mol. The van der Waals surface area contributed by atoms with E-state index in [9.17, 15) is 18.0 Å². The smallest absolute Gasteiger partial charge is 0.307 e. The highest BCUT2D eigenvalue weighted by molar-refractivity contribution is 7.91. The first-order valence-electron chi connectivity index (χ1n) is 6.57. The number of hydrogen-bond acceptors (Lipinski definition) is 5. The summed E-state index contributed by atoms with van der Waals surface area (Å²) in [6.07, 6.45) is -0.282. The Balaban J connectivity index is 2.48. The number of hydrogen-bond donors (Lipinski definition) is 1. The highest BCUT2D eigenvalue weighted by Crippen LogP contribution is 2.13. The Morgan fingerprint density at radius 3 is 2.38 bits per heavy atom. The van der Waals surface area contributed by atoms with Crippen molar-refractivity contribution in [3.63, 3.8) is 0 Å². The van der Waals surface area contributed by atoms with Crippen molar-refractivity contribution in [3.8, 4) is 0 Å². The molecular weight excluding hydrogens is 294 g/mol. The molecule has 0 atom stereocenters. The van der Waals surface area contributed by atoms with Gasteiger partial charge in [-0.2, -0.15) is 0 Å². The maximum absolute atomic E-state index is 12.0. The fraction of sp³-hybridized carbons (Fsp3) is 0.429. The van der Waals surface area contributed by atoms with E-state index in [1.165, 1.54) is 12.1 Å². The molecule has 0 bridgehead atoms. The molecule has 1 aromatic rings. The van der Waals surface area contributed by atoms with Crippen molar-refractivity contribution in [2.24, 2.45) is 0 Å². The number of sulfone groups is 1. The van der Waals surface area contributed by atoms with Gasteiger partial charge in [0.15, 0.2) is 16.4 Å². The van der Waals surface area contributed by atoms with E-state index in [1.807, 2.05) is 6.92 Å². The molecule has 1 rings (SSSR count). The van der Waals surface area contributed by atoms with E-state index in [1.54, 1.807) is 19.1 Å². The Bertz CT molecular complexity index is 592. The van der Waals surface area contributed by atoms with Crippen LogP contribution in [0.15, 0.2) is 29.2 Å². The van der Waals surface area contributed by atoms with Crippen molar-refractivity contribution >= 4 is 21.7 Å². The van der Waals surface area contributed by atoms with Crippen LogP contribution < -0.4 is 5.32 Å². The number of likely N-dealkylation sites (N-methyl/N-ethyl adjacent to an activating group) is 1. The van der Waals surface area contributed by atoms with Gasteiger partial charge in [0.1, 0.15) is 0 Å². The first kappa shape index (κ1) is 17.2. The van der Waals surface area contributed by atoms with Gasteiger partial charge in [-0.05, 0) is 26.0 Å². The molecule has 1 N–H and O–H groups in total. The number of nitrogens with one attached hydrogen (secondary N) is 1. The van der Waals surface area contributed by atoms with Gasteiger partial charge < -0.3 is 10.1 Å². The monoisotopic (exact) mass is 313 g/mol. The third-order valence-electron chi connectivity index (χ3n) is 2.69. The molecule has 116 valence electrons. The Labute approximate surface area is 124 Å². The first-order chi connectivity index (χ1) is 9.85. The molecule has 0 aromatic heterocycles. The van der Waals surface area contributed by atoms with E-state index in [0.29, 0.717) is 6.54 Å². The zero-order chi connectivity index (χ0) is 15.9. The largest absolute Gasteiger partial charge is 0.456 e. The number of aryl methyl sites for hydroxylation is 1. The number of rotatable bonds is 7. The van der Waals surface area contributed by atoms with E-state index < -0.39 is 28.3 Å². The summed E-state index contributed by atoms with van der Waals surface area (Å²) in [5, 5.41) is 2.47. The summed E-state index contributed by atoms with van der Waals surface area (Å²) in [5.74, 6) is -1.46. The van der Waals surface area contributed by atoms with Crippen LogP contribution in [0.4, 0.5) is 0 Å². The van der Waals surface area contributed by atoms with Gasteiger partial charge in [-0.25, -0.2) is 8.42 Å². The number of carbonyl (C=O) groups excluding carboxylic acids is 2. The molecule has 0 radical (unpaired) electrons. The van der Waals surface area contributed by atoms with E-state index in [-0.39, 0.29) is 17.1 Å². The lowest BCUT2D eigenvalue weighted by molar-refractivity contribution is -0.148.